The van der Waals surface area contributed by atoms with Crippen LogP contribution < -0.4 is 4.90 Å². The van der Waals surface area contributed by atoms with Crippen molar-refractivity contribution in [2.75, 3.05) is 31.1 Å². The first-order valence-electron chi connectivity index (χ1n) is 11.3. The van der Waals surface area contributed by atoms with Crippen LogP contribution in [0.5, 0.6) is 0 Å². The molecule has 1 saturated heterocycles. The molecule has 0 amide bonds. The maximum atomic E-state index is 4.82. The fourth-order valence-corrected chi connectivity index (χ4v) is 4.56. The summed E-state index contributed by atoms with van der Waals surface area (Å²) in [4.78, 5) is 9.71. The van der Waals surface area contributed by atoms with Gasteiger partial charge in [0.1, 0.15) is 5.82 Å². The zero-order chi connectivity index (χ0) is 21.9. The molecule has 7 heteroatoms. The van der Waals surface area contributed by atoms with Crippen molar-refractivity contribution in [3.8, 4) is 16.8 Å². The third-order valence-corrected chi connectivity index (χ3v) is 6.37. The molecule has 0 unspecified atom stereocenters. The molecule has 4 aromatic rings. The maximum absolute atomic E-state index is 4.82. The van der Waals surface area contributed by atoms with Gasteiger partial charge >= 0.3 is 0 Å². The van der Waals surface area contributed by atoms with E-state index >= 15 is 0 Å². The number of aromatic nitrogens is 3. The van der Waals surface area contributed by atoms with Crippen LogP contribution in [0.15, 0.2) is 79.0 Å². The predicted octanol–water partition coefficient (Wildman–Crippen LogP) is 5.72. The lowest BCUT2D eigenvalue weighted by molar-refractivity contribution is 0.248. The van der Waals surface area contributed by atoms with Crippen LogP contribution in [0.25, 0.3) is 16.8 Å². The average Bonchev–Trinajstić information content (AvgIpc) is 3.14. The van der Waals surface area contributed by atoms with Crippen molar-refractivity contribution in [3.63, 3.8) is 0 Å². The standard InChI is InChI=1S/C27H29N5.2ClH/c1-21-26(22(2)32(29-21)24-12-7-4-8-13-24)20-30-16-18-31(19-17-30)27-25(14-9-15-28-27)23-10-5-3-6-11-23;;/h3-15H,16-20H2,1-2H3;2*1H. The van der Waals surface area contributed by atoms with Gasteiger partial charge in [0.05, 0.1) is 11.4 Å². The summed E-state index contributed by atoms with van der Waals surface area (Å²) >= 11 is 0. The van der Waals surface area contributed by atoms with Crippen LogP contribution in [0, 0.1) is 13.8 Å². The Labute approximate surface area is 214 Å². The first kappa shape index (κ1) is 25.8. The minimum Gasteiger partial charge on any atom is -0.354 e. The summed E-state index contributed by atoms with van der Waals surface area (Å²) in [6, 6.07) is 25.1. The zero-order valence-corrected chi connectivity index (χ0v) is 21.2. The van der Waals surface area contributed by atoms with Gasteiger partial charge in [0, 0.05) is 55.7 Å². The van der Waals surface area contributed by atoms with Crippen molar-refractivity contribution >= 4 is 30.6 Å². The second-order valence-corrected chi connectivity index (χ2v) is 8.40. The van der Waals surface area contributed by atoms with Crippen LogP contribution in [0.4, 0.5) is 5.82 Å². The van der Waals surface area contributed by atoms with Gasteiger partial charge in [0.2, 0.25) is 0 Å². The van der Waals surface area contributed by atoms with Gasteiger partial charge in [0.25, 0.3) is 0 Å². The summed E-state index contributed by atoms with van der Waals surface area (Å²) in [6.07, 6.45) is 1.90. The number of hydrogen-bond donors (Lipinski definition) is 0. The highest BCUT2D eigenvalue weighted by atomic mass is 35.5. The molecule has 0 radical (unpaired) electrons. The number of pyridine rings is 1. The van der Waals surface area contributed by atoms with Gasteiger partial charge < -0.3 is 4.90 Å². The molecule has 2 aromatic carbocycles. The Morgan fingerprint density at radius 2 is 1.41 bits per heavy atom. The molecule has 34 heavy (non-hydrogen) atoms. The largest absolute Gasteiger partial charge is 0.354 e. The number of hydrogen-bond acceptors (Lipinski definition) is 4. The van der Waals surface area contributed by atoms with Gasteiger partial charge in [-0.2, -0.15) is 5.10 Å². The molecule has 1 fully saturated rings. The Morgan fingerprint density at radius 3 is 2.09 bits per heavy atom. The maximum Gasteiger partial charge on any atom is 0.136 e. The topological polar surface area (TPSA) is 37.2 Å². The Hall–Kier alpha value is -2.86. The van der Waals surface area contributed by atoms with Crippen molar-refractivity contribution < 1.29 is 0 Å². The van der Waals surface area contributed by atoms with E-state index in [1.807, 2.05) is 18.3 Å². The van der Waals surface area contributed by atoms with Gasteiger partial charge in [-0.05, 0) is 43.7 Å². The molecule has 1 aliphatic rings. The first-order valence-corrected chi connectivity index (χ1v) is 11.3. The fraction of sp³-hybridized carbons (Fsp3) is 0.259. The molecule has 1 aliphatic heterocycles. The number of anilines is 1. The van der Waals surface area contributed by atoms with Crippen LogP contribution in [0.2, 0.25) is 0 Å². The summed E-state index contributed by atoms with van der Waals surface area (Å²) in [7, 11) is 0. The molecule has 2 aromatic heterocycles. The minimum absolute atomic E-state index is 0. The van der Waals surface area contributed by atoms with Gasteiger partial charge in [-0.25, -0.2) is 9.67 Å². The van der Waals surface area contributed by atoms with E-state index in [-0.39, 0.29) is 24.8 Å². The van der Waals surface area contributed by atoms with Crippen LogP contribution in [-0.2, 0) is 6.54 Å². The first-order chi connectivity index (χ1) is 15.7. The summed E-state index contributed by atoms with van der Waals surface area (Å²) in [5.74, 6) is 1.09. The second-order valence-electron chi connectivity index (χ2n) is 8.40. The molecule has 0 spiro atoms. The quantitative estimate of drug-likeness (QED) is 0.354. The molecule has 0 atom stereocenters. The third kappa shape index (κ3) is 5.27. The van der Waals surface area contributed by atoms with Gasteiger partial charge in [0.15, 0.2) is 0 Å². The zero-order valence-electron chi connectivity index (χ0n) is 19.6. The molecule has 0 aliphatic carbocycles. The molecule has 0 N–H and O–H groups in total. The second kappa shape index (κ2) is 11.5. The normalized spacial score (nSPS) is 13.8. The van der Waals surface area contributed by atoms with E-state index in [9.17, 15) is 0 Å². The van der Waals surface area contributed by atoms with Gasteiger partial charge in [-0.3, -0.25) is 4.90 Å². The molecule has 3 heterocycles. The van der Waals surface area contributed by atoms with E-state index in [1.165, 1.54) is 22.4 Å². The fourth-order valence-electron chi connectivity index (χ4n) is 4.56. The minimum atomic E-state index is 0. The number of halogens is 2. The lowest BCUT2D eigenvalue weighted by atomic mass is 10.1. The molecular formula is C27H31Cl2N5. The van der Waals surface area contributed by atoms with E-state index in [4.69, 9.17) is 10.1 Å². The Morgan fingerprint density at radius 1 is 0.765 bits per heavy atom. The van der Waals surface area contributed by atoms with E-state index in [0.717, 1.165) is 49.9 Å². The van der Waals surface area contributed by atoms with Crippen LogP contribution in [0.1, 0.15) is 17.0 Å². The summed E-state index contributed by atoms with van der Waals surface area (Å²) < 4.78 is 2.07. The molecule has 5 nitrogen and oxygen atoms in total. The predicted molar refractivity (Wildman–Crippen MR) is 145 cm³/mol. The van der Waals surface area contributed by atoms with Crippen LogP contribution in [0.3, 0.4) is 0 Å². The van der Waals surface area contributed by atoms with Crippen molar-refractivity contribution in [1.82, 2.24) is 19.7 Å². The van der Waals surface area contributed by atoms with Crippen molar-refractivity contribution in [3.05, 3.63) is 95.9 Å². The number of nitrogens with zero attached hydrogens (tertiary/aromatic N) is 5. The Balaban J connectivity index is 0.00000162. The van der Waals surface area contributed by atoms with Crippen molar-refractivity contribution in [1.29, 1.82) is 0 Å². The number of benzene rings is 2. The molecule has 0 bridgehead atoms. The van der Waals surface area contributed by atoms with E-state index in [0.29, 0.717) is 0 Å². The van der Waals surface area contributed by atoms with Crippen molar-refractivity contribution in [2.45, 2.75) is 20.4 Å². The van der Waals surface area contributed by atoms with Gasteiger partial charge in [-0.1, -0.05) is 48.5 Å². The Bertz CT molecular complexity index is 1190. The highest BCUT2D eigenvalue weighted by molar-refractivity contribution is 5.85. The van der Waals surface area contributed by atoms with Crippen molar-refractivity contribution in [2.24, 2.45) is 0 Å². The number of rotatable bonds is 5. The number of para-hydroxylation sites is 1. The van der Waals surface area contributed by atoms with Gasteiger partial charge in [-0.15, -0.1) is 24.8 Å². The number of piperazine rings is 1. The lowest BCUT2D eigenvalue weighted by Gasteiger charge is -2.36. The van der Waals surface area contributed by atoms with Crippen LogP contribution >= 0.6 is 24.8 Å². The molecule has 178 valence electrons. The number of aryl methyl sites for hydroxylation is 1. The lowest BCUT2D eigenvalue weighted by Crippen LogP contribution is -2.46. The van der Waals surface area contributed by atoms with Crippen LogP contribution in [-0.4, -0.2) is 45.8 Å². The third-order valence-electron chi connectivity index (χ3n) is 6.37. The molecule has 5 rings (SSSR count). The summed E-state index contributed by atoms with van der Waals surface area (Å²) in [5.41, 5.74) is 7.23. The SMILES string of the molecule is Cc1nn(-c2ccccc2)c(C)c1CN1CCN(c2ncccc2-c2ccccc2)CC1.Cl.Cl. The summed E-state index contributed by atoms with van der Waals surface area (Å²) in [6.45, 7) is 9.21. The monoisotopic (exact) mass is 495 g/mol. The summed E-state index contributed by atoms with van der Waals surface area (Å²) in [5, 5.41) is 4.82. The highest BCUT2D eigenvalue weighted by Crippen LogP contribution is 2.29. The van der Waals surface area contributed by atoms with E-state index < -0.39 is 0 Å². The van der Waals surface area contributed by atoms with E-state index in [2.05, 4.69) is 89.0 Å². The smallest absolute Gasteiger partial charge is 0.136 e. The average molecular weight is 496 g/mol. The van der Waals surface area contributed by atoms with E-state index in [1.54, 1.807) is 0 Å². The molecule has 0 saturated carbocycles. The molecular weight excluding hydrogens is 465 g/mol. The Kier molecular flexibility index (Phi) is 8.72. The highest BCUT2D eigenvalue weighted by Gasteiger charge is 2.23.